The summed E-state index contributed by atoms with van der Waals surface area (Å²) in [7, 11) is 0. The molecule has 2 nitrogen and oxygen atoms in total. The van der Waals surface area contributed by atoms with Crippen LogP contribution in [0.3, 0.4) is 0 Å². The van der Waals surface area contributed by atoms with Gasteiger partial charge in [0.2, 0.25) is 0 Å². The summed E-state index contributed by atoms with van der Waals surface area (Å²) >= 11 is 0. The van der Waals surface area contributed by atoms with Crippen LogP contribution in [0.2, 0.25) is 0 Å². The molecule has 0 radical (unpaired) electrons. The van der Waals surface area contributed by atoms with Gasteiger partial charge < -0.3 is 10.5 Å². The molecule has 0 amide bonds. The Balaban J connectivity index is 2.01. The Labute approximate surface area is 93.6 Å². The van der Waals surface area contributed by atoms with Crippen LogP contribution in [0.4, 0.5) is 0 Å². The van der Waals surface area contributed by atoms with Gasteiger partial charge in [0.05, 0.1) is 0 Å². The molecule has 0 aromatic carbocycles. The molecule has 2 heteroatoms. The van der Waals surface area contributed by atoms with E-state index in [-0.39, 0.29) is 0 Å². The van der Waals surface area contributed by atoms with Crippen LogP contribution in [0.1, 0.15) is 51.4 Å². The molecular formula is C13H25NO. The molecule has 2 aliphatic rings. The molecule has 88 valence electrons. The Hall–Kier alpha value is -0.0800. The lowest BCUT2D eigenvalue weighted by atomic mass is 9.62. The number of hydrogen-bond donors (Lipinski definition) is 1. The molecule has 1 aliphatic heterocycles. The van der Waals surface area contributed by atoms with E-state index in [4.69, 9.17) is 10.5 Å². The van der Waals surface area contributed by atoms with Gasteiger partial charge in [0.1, 0.15) is 0 Å². The van der Waals surface area contributed by atoms with Gasteiger partial charge in [0, 0.05) is 13.2 Å². The minimum absolute atomic E-state index is 0.594. The van der Waals surface area contributed by atoms with Crippen molar-refractivity contribution in [3.63, 3.8) is 0 Å². The summed E-state index contributed by atoms with van der Waals surface area (Å²) in [6.07, 6.45) is 11.0. The summed E-state index contributed by atoms with van der Waals surface area (Å²) in [5.74, 6) is 0.898. The molecule has 1 aliphatic carbocycles. The molecular weight excluding hydrogens is 186 g/mol. The predicted molar refractivity (Wildman–Crippen MR) is 62.7 cm³/mol. The highest BCUT2D eigenvalue weighted by Gasteiger charge is 2.39. The Kier molecular flexibility index (Phi) is 4.04. The van der Waals surface area contributed by atoms with Crippen molar-refractivity contribution >= 4 is 0 Å². The summed E-state index contributed by atoms with van der Waals surface area (Å²) in [4.78, 5) is 0. The molecule has 2 fully saturated rings. The first-order valence-corrected chi connectivity index (χ1v) is 6.65. The molecule has 15 heavy (non-hydrogen) atoms. The van der Waals surface area contributed by atoms with Crippen LogP contribution < -0.4 is 5.73 Å². The Morgan fingerprint density at radius 3 is 2.33 bits per heavy atom. The first-order chi connectivity index (χ1) is 7.37. The normalized spacial score (nSPS) is 27.8. The third kappa shape index (κ3) is 2.54. The summed E-state index contributed by atoms with van der Waals surface area (Å²) in [6, 6.07) is 0. The number of nitrogens with two attached hydrogens (primary N) is 1. The van der Waals surface area contributed by atoms with Gasteiger partial charge in [0.15, 0.2) is 0 Å². The van der Waals surface area contributed by atoms with Crippen molar-refractivity contribution in [2.75, 3.05) is 19.8 Å². The number of hydrogen-bond acceptors (Lipinski definition) is 2. The maximum absolute atomic E-state index is 5.82. The lowest BCUT2D eigenvalue weighted by molar-refractivity contribution is -0.0116. The lowest BCUT2D eigenvalue weighted by Crippen LogP contribution is -2.38. The zero-order valence-corrected chi connectivity index (χ0v) is 9.84. The fourth-order valence-electron chi connectivity index (χ4n) is 3.72. The van der Waals surface area contributed by atoms with E-state index in [1.807, 2.05) is 0 Å². The summed E-state index contributed by atoms with van der Waals surface area (Å²) in [5, 5.41) is 0. The van der Waals surface area contributed by atoms with Gasteiger partial charge in [-0.05, 0) is 50.0 Å². The van der Waals surface area contributed by atoms with Gasteiger partial charge in [-0.1, -0.05) is 19.3 Å². The molecule has 0 spiro atoms. The highest BCUT2D eigenvalue weighted by Crippen LogP contribution is 2.48. The fourth-order valence-corrected chi connectivity index (χ4v) is 3.72. The van der Waals surface area contributed by atoms with E-state index >= 15 is 0 Å². The monoisotopic (exact) mass is 211 g/mol. The molecule has 1 heterocycles. The van der Waals surface area contributed by atoms with E-state index in [0.29, 0.717) is 5.41 Å². The molecule has 1 saturated carbocycles. The van der Waals surface area contributed by atoms with E-state index in [1.54, 1.807) is 0 Å². The first kappa shape index (κ1) is 11.4. The second-order valence-electron chi connectivity index (χ2n) is 5.35. The van der Waals surface area contributed by atoms with Crippen LogP contribution in [-0.4, -0.2) is 19.8 Å². The highest BCUT2D eigenvalue weighted by molar-refractivity contribution is 4.90. The van der Waals surface area contributed by atoms with Crippen LogP contribution in [0.15, 0.2) is 0 Å². The van der Waals surface area contributed by atoms with Crippen molar-refractivity contribution in [3.05, 3.63) is 0 Å². The second kappa shape index (κ2) is 5.31. The van der Waals surface area contributed by atoms with Crippen molar-refractivity contribution in [3.8, 4) is 0 Å². The average Bonchev–Trinajstić information content (AvgIpc) is 2.32. The molecule has 0 aromatic heterocycles. The van der Waals surface area contributed by atoms with Gasteiger partial charge in [-0.3, -0.25) is 0 Å². The Morgan fingerprint density at radius 1 is 1.07 bits per heavy atom. The van der Waals surface area contributed by atoms with Crippen molar-refractivity contribution in [1.29, 1.82) is 0 Å². The van der Waals surface area contributed by atoms with Gasteiger partial charge in [-0.15, -0.1) is 0 Å². The van der Waals surface area contributed by atoms with Gasteiger partial charge in [-0.2, -0.15) is 0 Å². The van der Waals surface area contributed by atoms with Crippen molar-refractivity contribution in [2.45, 2.75) is 51.4 Å². The van der Waals surface area contributed by atoms with Crippen molar-refractivity contribution in [2.24, 2.45) is 17.1 Å². The van der Waals surface area contributed by atoms with E-state index in [0.717, 1.165) is 25.7 Å². The highest BCUT2D eigenvalue weighted by atomic mass is 16.5. The summed E-state index contributed by atoms with van der Waals surface area (Å²) in [5.41, 5.74) is 6.41. The van der Waals surface area contributed by atoms with Gasteiger partial charge >= 0.3 is 0 Å². The molecule has 2 N–H and O–H groups in total. The maximum Gasteiger partial charge on any atom is 0.0468 e. The predicted octanol–water partition coefficient (Wildman–Crippen LogP) is 2.71. The topological polar surface area (TPSA) is 35.2 Å². The smallest absolute Gasteiger partial charge is 0.0468 e. The van der Waals surface area contributed by atoms with E-state index in [9.17, 15) is 0 Å². The minimum Gasteiger partial charge on any atom is -0.381 e. The molecule has 2 rings (SSSR count). The summed E-state index contributed by atoms with van der Waals surface area (Å²) < 4.78 is 5.48. The molecule has 0 unspecified atom stereocenters. The third-order valence-electron chi connectivity index (χ3n) is 4.58. The number of rotatable bonds is 3. The van der Waals surface area contributed by atoms with Gasteiger partial charge in [0.25, 0.3) is 0 Å². The Bertz CT molecular complexity index is 175. The number of ether oxygens (including phenoxy) is 1. The molecule has 0 bridgehead atoms. The second-order valence-corrected chi connectivity index (χ2v) is 5.35. The van der Waals surface area contributed by atoms with E-state index in [1.165, 1.54) is 51.4 Å². The standard InChI is InChI=1S/C13H25NO/c14-9-8-13(6-2-1-3-7-13)12-4-10-15-11-5-12/h12H,1-11,14H2. The van der Waals surface area contributed by atoms with Crippen LogP contribution in [-0.2, 0) is 4.74 Å². The van der Waals surface area contributed by atoms with Crippen LogP contribution >= 0.6 is 0 Å². The van der Waals surface area contributed by atoms with E-state index < -0.39 is 0 Å². The first-order valence-electron chi connectivity index (χ1n) is 6.65. The quantitative estimate of drug-likeness (QED) is 0.779. The van der Waals surface area contributed by atoms with Crippen molar-refractivity contribution in [1.82, 2.24) is 0 Å². The van der Waals surface area contributed by atoms with Crippen LogP contribution in [0.25, 0.3) is 0 Å². The lowest BCUT2D eigenvalue weighted by Gasteiger charge is -2.45. The Morgan fingerprint density at radius 2 is 1.73 bits per heavy atom. The average molecular weight is 211 g/mol. The SMILES string of the molecule is NCCC1(C2CCOCC2)CCCCC1. The van der Waals surface area contributed by atoms with Gasteiger partial charge in [-0.25, -0.2) is 0 Å². The maximum atomic E-state index is 5.82. The minimum atomic E-state index is 0.594. The molecule has 0 aromatic rings. The zero-order valence-electron chi connectivity index (χ0n) is 9.84. The van der Waals surface area contributed by atoms with Crippen molar-refractivity contribution < 1.29 is 4.74 Å². The van der Waals surface area contributed by atoms with E-state index in [2.05, 4.69) is 0 Å². The third-order valence-corrected chi connectivity index (χ3v) is 4.58. The zero-order chi connectivity index (χ0) is 10.6. The molecule has 0 atom stereocenters. The van der Waals surface area contributed by atoms with Crippen LogP contribution in [0.5, 0.6) is 0 Å². The largest absolute Gasteiger partial charge is 0.381 e. The van der Waals surface area contributed by atoms with Crippen LogP contribution in [0, 0.1) is 11.3 Å². The molecule has 1 saturated heterocycles. The fraction of sp³-hybridized carbons (Fsp3) is 1.00. The summed E-state index contributed by atoms with van der Waals surface area (Å²) in [6.45, 7) is 2.84.